The van der Waals surface area contributed by atoms with Crippen LogP contribution in [0.2, 0.25) is 0 Å². The zero-order chi connectivity index (χ0) is 47.5. The second-order valence-electron chi connectivity index (χ2n) is 20.1. The lowest BCUT2D eigenvalue weighted by Crippen LogP contribution is -2.57. The summed E-state index contributed by atoms with van der Waals surface area (Å²) in [6, 6.07) is 66.2. The third-order valence-electron chi connectivity index (χ3n) is 15.1. The first kappa shape index (κ1) is 41.9. The van der Waals surface area contributed by atoms with E-state index in [-0.39, 0.29) is 6.71 Å². The summed E-state index contributed by atoms with van der Waals surface area (Å²) >= 11 is 0. The summed E-state index contributed by atoms with van der Waals surface area (Å²) in [4.78, 5) is 3.78. The highest BCUT2D eigenvalue weighted by Gasteiger charge is 2.37. The lowest BCUT2D eigenvalue weighted by Gasteiger charge is -2.32. The molecule has 5 nitrogen and oxygen atoms in total. The van der Waals surface area contributed by atoms with Gasteiger partial charge in [-0.05, 0) is 100.0 Å². The molecule has 4 heterocycles. The number of benzene rings is 9. The van der Waals surface area contributed by atoms with E-state index in [9.17, 15) is 0 Å². The quantitative estimate of drug-likeness (QED) is 0.116. The van der Waals surface area contributed by atoms with Crippen molar-refractivity contribution in [2.45, 2.75) is 59.3 Å². The summed E-state index contributed by atoms with van der Waals surface area (Å²) in [7, 11) is 0. The van der Waals surface area contributed by atoms with Gasteiger partial charge in [0.15, 0.2) is 5.69 Å². The predicted octanol–water partition coefficient (Wildman–Crippen LogP) is 15.5. The van der Waals surface area contributed by atoms with Gasteiger partial charge in [0.25, 0.3) is 6.71 Å². The molecule has 1 aliphatic heterocycles. The SMILES string of the molecule is [C-]#[N+]c1ccc(-n2c3ccccc3c3c2c2c4ccccc4n(-c4ccc5c(c4)Oc4ccccc4B5c4c(C(C)C)cc(C(C)C)cc4C(C)C)c2c2c4ccccc4n(-c4ccccc4)c32)cc1. The smallest absolute Gasteiger partial charge is 0.251 e. The molecule has 1 aliphatic rings. The summed E-state index contributed by atoms with van der Waals surface area (Å²) in [6.45, 7) is 21.8. The summed E-state index contributed by atoms with van der Waals surface area (Å²) in [5.74, 6) is 2.87. The largest absolute Gasteiger partial charge is 0.458 e. The monoisotopic (exact) mass is 902 g/mol. The fraction of sp³-hybridized carbons (Fsp3) is 0.141. The highest BCUT2D eigenvalue weighted by atomic mass is 16.5. The fourth-order valence-electron chi connectivity index (χ4n) is 11.9. The number of para-hydroxylation sites is 5. The summed E-state index contributed by atoms with van der Waals surface area (Å²) in [5.41, 5.74) is 18.6. The van der Waals surface area contributed by atoms with E-state index < -0.39 is 0 Å². The van der Waals surface area contributed by atoms with Crippen LogP contribution in [0.1, 0.15) is 76.0 Å². The second kappa shape index (κ2) is 15.9. The molecule has 0 radical (unpaired) electrons. The number of hydrogen-bond donors (Lipinski definition) is 0. The number of ether oxygens (including phenoxy) is 1. The van der Waals surface area contributed by atoms with Crippen LogP contribution in [0.4, 0.5) is 5.69 Å². The van der Waals surface area contributed by atoms with Gasteiger partial charge in [0.05, 0.1) is 39.7 Å². The molecule has 0 saturated heterocycles. The van der Waals surface area contributed by atoms with E-state index in [0.29, 0.717) is 23.4 Å². The molecule has 0 amide bonds. The highest BCUT2D eigenvalue weighted by molar-refractivity contribution is 6.97. The summed E-state index contributed by atoms with van der Waals surface area (Å²) in [5, 5.41) is 7.08. The minimum absolute atomic E-state index is 0.0108. The Morgan fingerprint density at radius 2 is 0.871 bits per heavy atom. The molecule has 0 bridgehead atoms. The first-order valence-electron chi connectivity index (χ1n) is 24.7. The van der Waals surface area contributed by atoms with Crippen LogP contribution in [0.15, 0.2) is 182 Å². The second-order valence-corrected chi connectivity index (χ2v) is 20.1. The Bertz CT molecular complexity index is 4110. The van der Waals surface area contributed by atoms with E-state index in [0.717, 1.165) is 67.0 Å². The van der Waals surface area contributed by atoms with E-state index in [4.69, 9.17) is 11.3 Å². The molecule has 12 aromatic rings. The van der Waals surface area contributed by atoms with Gasteiger partial charge in [0.2, 0.25) is 0 Å². The average Bonchev–Trinajstić information content (AvgIpc) is 4.04. The Morgan fingerprint density at radius 1 is 0.429 bits per heavy atom. The van der Waals surface area contributed by atoms with Crippen LogP contribution in [0.5, 0.6) is 11.5 Å². The number of fused-ring (bicyclic) bond motifs is 14. The van der Waals surface area contributed by atoms with Crippen molar-refractivity contribution in [3.63, 3.8) is 0 Å². The number of aromatic nitrogens is 3. The maximum absolute atomic E-state index is 7.81. The Balaban J connectivity index is 1.19. The topological polar surface area (TPSA) is 28.4 Å². The van der Waals surface area contributed by atoms with Gasteiger partial charge in [-0.3, -0.25) is 0 Å². The third-order valence-corrected chi connectivity index (χ3v) is 15.1. The van der Waals surface area contributed by atoms with Crippen molar-refractivity contribution in [3.8, 4) is 28.6 Å². The van der Waals surface area contributed by atoms with Crippen LogP contribution >= 0.6 is 0 Å². The molecule has 336 valence electrons. The molecular formula is C64H51BN4O. The minimum atomic E-state index is -0.0108. The van der Waals surface area contributed by atoms with Crippen LogP contribution in [0.25, 0.3) is 87.3 Å². The lowest BCUT2D eigenvalue weighted by molar-refractivity contribution is 0.487. The van der Waals surface area contributed by atoms with E-state index in [2.05, 4.69) is 230 Å². The first-order valence-corrected chi connectivity index (χ1v) is 24.7. The first-order chi connectivity index (χ1) is 34.2. The van der Waals surface area contributed by atoms with Gasteiger partial charge in [0.1, 0.15) is 11.5 Å². The van der Waals surface area contributed by atoms with Gasteiger partial charge < -0.3 is 18.4 Å². The van der Waals surface area contributed by atoms with Crippen molar-refractivity contribution in [2.24, 2.45) is 0 Å². The number of nitrogens with zero attached hydrogens (tertiary/aromatic N) is 4. The van der Waals surface area contributed by atoms with Gasteiger partial charge in [-0.1, -0.05) is 168 Å². The van der Waals surface area contributed by atoms with Crippen molar-refractivity contribution in [1.82, 2.24) is 13.7 Å². The standard InChI is InChI=1S/C64H51BN4O/c1-38(2)41-35-49(39(3)4)61(50(36-41)40(5)6)65-51-24-14-18-28-56(51)70-57-37-45(33-34-52(57)65)69-55-27-17-13-23-48(55)60-63-58(47-22-12-16-26-54(47)68(63)44-31-29-42(66-7)30-32-44)62-59(64(60)69)46-21-11-15-25-53(46)67(62)43-19-9-8-10-20-43/h8-40H,1-6H3. The molecule has 0 atom stereocenters. The van der Waals surface area contributed by atoms with Crippen molar-refractivity contribution in [1.29, 1.82) is 0 Å². The Labute approximate surface area is 408 Å². The summed E-state index contributed by atoms with van der Waals surface area (Å²) < 4.78 is 14.6. The van der Waals surface area contributed by atoms with Crippen LogP contribution in [0, 0.1) is 6.57 Å². The van der Waals surface area contributed by atoms with Gasteiger partial charge in [-0.25, -0.2) is 4.85 Å². The molecule has 0 fully saturated rings. The Hall–Kier alpha value is -8.27. The van der Waals surface area contributed by atoms with Crippen LogP contribution < -0.4 is 21.1 Å². The van der Waals surface area contributed by atoms with Crippen molar-refractivity contribution in [3.05, 3.63) is 210 Å². The van der Waals surface area contributed by atoms with E-state index in [1.807, 2.05) is 12.1 Å². The third kappa shape index (κ3) is 6.04. The lowest BCUT2D eigenvalue weighted by atomic mass is 9.34. The Morgan fingerprint density at radius 3 is 1.39 bits per heavy atom. The van der Waals surface area contributed by atoms with E-state index in [1.54, 1.807) is 0 Å². The van der Waals surface area contributed by atoms with Crippen LogP contribution in [-0.2, 0) is 0 Å². The number of rotatable bonds is 7. The molecule has 0 spiro atoms. The molecule has 13 rings (SSSR count). The van der Waals surface area contributed by atoms with E-state index in [1.165, 1.54) is 60.0 Å². The molecule has 6 heteroatoms. The zero-order valence-electron chi connectivity index (χ0n) is 40.3. The molecule has 9 aromatic carbocycles. The van der Waals surface area contributed by atoms with Gasteiger partial charge in [0, 0.05) is 55.4 Å². The molecule has 0 N–H and O–H groups in total. The maximum atomic E-state index is 7.81. The fourth-order valence-corrected chi connectivity index (χ4v) is 11.9. The van der Waals surface area contributed by atoms with Crippen molar-refractivity contribution < 1.29 is 4.74 Å². The molecular weight excluding hydrogens is 852 g/mol. The minimum Gasteiger partial charge on any atom is -0.458 e. The van der Waals surface area contributed by atoms with Crippen molar-refractivity contribution in [2.75, 3.05) is 0 Å². The van der Waals surface area contributed by atoms with Gasteiger partial charge in [-0.2, -0.15) is 0 Å². The average molecular weight is 903 g/mol. The van der Waals surface area contributed by atoms with Gasteiger partial charge in [-0.15, -0.1) is 0 Å². The molecule has 0 aliphatic carbocycles. The zero-order valence-corrected chi connectivity index (χ0v) is 40.3. The predicted molar refractivity (Wildman–Crippen MR) is 296 cm³/mol. The maximum Gasteiger partial charge on any atom is 0.251 e. The Kier molecular flexibility index (Phi) is 9.52. The number of hydrogen-bond acceptors (Lipinski definition) is 1. The van der Waals surface area contributed by atoms with Crippen LogP contribution in [-0.4, -0.2) is 20.4 Å². The molecule has 0 unspecified atom stereocenters. The van der Waals surface area contributed by atoms with Gasteiger partial charge >= 0.3 is 0 Å². The van der Waals surface area contributed by atoms with Crippen LogP contribution in [0.3, 0.4) is 0 Å². The molecule has 3 aromatic heterocycles. The highest BCUT2D eigenvalue weighted by Crippen LogP contribution is 2.50. The molecule has 0 saturated carbocycles. The normalized spacial score (nSPS) is 12.6. The summed E-state index contributed by atoms with van der Waals surface area (Å²) in [6.07, 6.45) is 0. The van der Waals surface area contributed by atoms with Crippen molar-refractivity contribution >= 4 is 94.2 Å². The molecule has 70 heavy (non-hydrogen) atoms. The van der Waals surface area contributed by atoms with E-state index >= 15 is 0 Å².